The van der Waals surface area contributed by atoms with Crippen molar-refractivity contribution in [1.29, 1.82) is 0 Å². The van der Waals surface area contributed by atoms with Gasteiger partial charge in [0.1, 0.15) is 11.5 Å². The van der Waals surface area contributed by atoms with E-state index in [9.17, 15) is 19.7 Å². The Hall–Kier alpha value is -1.71. The van der Waals surface area contributed by atoms with Crippen LogP contribution >= 0.6 is 0 Å². The zero-order chi connectivity index (χ0) is 12.4. The van der Waals surface area contributed by atoms with Crippen molar-refractivity contribution >= 4 is 53.6 Å². The SMILES string of the molecule is O=C1CN(/N=C\c2ccc([N+](=O)[O-])o2)C(=O)N1.[Na]. The standard InChI is InChI=1S/C8H6N4O5.Na/c13-6-4-11(8(14)10-6)9-3-5-1-2-7(17-5)12(15)16;/h1-3H,4H2,(H,10,13,14);/b9-3-;. The Bertz CT molecular complexity index is 525. The minimum Gasteiger partial charge on any atom is -0.400 e. The molecule has 1 radical (unpaired) electrons. The first-order chi connectivity index (χ1) is 8.06. The Morgan fingerprint density at radius 2 is 2.22 bits per heavy atom. The predicted octanol–water partition coefficient (Wildman–Crippen LogP) is -0.307. The molecule has 1 aliphatic heterocycles. The molecule has 9 nitrogen and oxygen atoms in total. The zero-order valence-electron chi connectivity index (χ0n) is 9.32. The molecule has 3 amide bonds. The number of hydrazone groups is 1. The molecule has 2 rings (SSSR count). The maximum absolute atomic E-state index is 11.1. The van der Waals surface area contributed by atoms with Gasteiger partial charge in [-0.25, -0.2) is 9.80 Å². The van der Waals surface area contributed by atoms with Crippen LogP contribution in [0.2, 0.25) is 0 Å². The van der Waals surface area contributed by atoms with Crippen LogP contribution in [-0.4, -0.2) is 64.2 Å². The fraction of sp³-hybridized carbons (Fsp3) is 0.125. The van der Waals surface area contributed by atoms with Gasteiger partial charge in [0, 0.05) is 29.6 Å². The third-order valence-corrected chi connectivity index (χ3v) is 1.89. The summed E-state index contributed by atoms with van der Waals surface area (Å²) < 4.78 is 4.78. The van der Waals surface area contributed by atoms with Crippen LogP contribution in [0.25, 0.3) is 0 Å². The molecule has 0 bridgehead atoms. The fourth-order valence-corrected chi connectivity index (χ4v) is 1.16. The van der Waals surface area contributed by atoms with Gasteiger partial charge in [0.25, 0.3) is 0 Å². The van der Waals surface area contributed by atoms with E-state index < -0.39 is 22.7 Å². The summed E-state index contributed by atoms with van der Waals surface area (Å²) in [6.45, 7) is -0.182. The molecule has 1 fully saturated rings. The van der Waals surface area contributed by atoms with Gasteiger partial charge in [0.2, 0.25) is 5.91 Å². The smallest absolute Gasteiger partial charge is 0.400 e. The van der Waals surface area contributed by atoms with Crippen LogP contribution in [0, 0.1) is 10.1 Å². The third-order valence-electron chi connectivity index (χ3n) is 1.89. The average molecular weight is 261 g/mol. The van der Waals surface area contributed by atoms with Crippen molar-refractivity contribution in [2.24, 2.45) is 5.10 Å². The molecular formula is C8H6N4NaO5. The van der Waals surface area contributed by atoms with E-state index in [1.165, 1.54) is 6.07 Å². The van der Waals surface area contributed by atoms with Crippen LogP contribution < -0.4 is 5.32 Å². The first kappa shape index (κ1) is 14.4. The summed E-state index contributed by atoms with van der Waals surface area (Å²) in [5, 5.41) is 16.9. The van der Waals surface area contributed by atoms with Gasteiger partial charge in [-0.1, -0.05) is 0 Å². The minimum absolute atomic E-state index is 0. The van der Waals surface area contributed by atoms with Crippen molar-refractivity contribution < 1.29 is 18.9 Å². The number of hydrogen-bond donors (Lipinski definition) is 1. The first-order valence-corrected chi connectivity index (χ1v) is 4.46. The quantitative estimate of drug-likeness (QED) is 0.263. The second-order valence-corrected chi connectivity index (χ2v) is 3.09. The number of amides is 3. The van der Waals surface area contributed by atoms with Crippen LogP contribution in [0.3, 0.4) is 0 Å². The second-order valence-electron chi connectivity index (χ2n) is 3.09. The van der Waals surface area contributed by atoms with Gasteiger partial charge >= 0.3 is 11.9 Å². The molecule has 0 saturated carbocycles. The molecule has 0 unspecified atom stereocenters. The van der Waals surface area contributed by atoms with Crippen molar-refractivity contribution in [1.82, 2.24) is 10.3 Å². The molecule has 1 aromatic rings. The zero-order valence-corrected chi connectivity index (χ0v) is 11.3. The number of nitro groups is 1. The van der Waals surface area contributed by atoms with Gasteiger partial charge in [-0.15, -0.1) is 0 Å². The number of imide groups is 1. The number of urea groups is 1. The molecule has 0 spiro atoms. The summed E-state index contributed by atoms with van der Waals surface area (Å²) in [5.41, 5.74) is 0. The second kappa shape index (κ2) is 5.76. The third kappa shape index (κ3) is 3.15. The van der Waals surface area contributed by atoms with Gasteiger partial charge < -0.3 is 4.42 Å². The summed E-state index contributed by atoms with van der Waals surface area (Å²) in [7, 11) is 0. The van der Waals surface area contributed by atoms with Crippen molar-refractivity contribution in [2.75, 3.05) is 6.54 Å². The van der Waals surface area contributed by atoms with E-state index in [-0.39, 0.29) is 41.9 Å². The van der Waals surface area contributed by atoms with Crippen molar-refractivity contribution in [2.45, 2.75) is 0 Å². The number of nitrogens with one attached hydrogen (secondary N) is 1. The summed E-state index contributed by atoms with van der Waals surface area (Å²) >= 11 is 0. The molecule has 18 heavy (non-hydrogen) atoms. The molecule has 1 N–H and O–H groups in total. The Labute approximate surface area is 122 Å². The molecule has 1 saturated heterocycles. The Balaban J connectivity index is 0.00000162. The Morgan fingerprint density at radius 1 is 1.50 bits per heavy atom. The van der Waals surface area contributed by atoms with E-state index in [0.717, 1.165) is 17.3 Å². The van der Waals surface area contributed by atoms with Crippen LogP contribution in [0.5, 0.6) is 0 Å². The van der Waals surface area contributed by atoms with Crippen LogP contribution in [0.1, 0.15) is 5.76 Å². The van der Waals surface area contributed by atoms with Gasteiger partial charge in [0.05, 0.1) is 12.3 Å². The molecule has 0 aromatic carbocycles. The van der Waals surface area contributed by atoms with E-state index in [4.69, 9.17) is 4.42 Å². The molecule has 0 aliphatic carbocycles. The topological polar surface area (TPSA) is 118 Å². The summed E-state index contributed by atoms with van der Waals surface area (Å²) in [6.07, 6.45) is 1.12. The normalized spacial score (nSPS) is 14.8. The number of furan rings is 1. The molecule has 1 aliphatic rings. The minimum atomic E-state index is -0.691. The molecule has 10 heteroatoms. The first-order valence-electron chi connectivity index (χ1n) is 4.46. The van der Waals surface area contributed by atoms with Crippen molar-refractivity contribution in [3.63, 3.8) is 0 Å². The summed E-state index contributed by atoms with van der Waals surface area (Å²) in [5.74, 6) is -0.769. The maximum Gasteiger partial charge on any atom is 0.433 e. The van der Waals surface area contributed by atoms with E-state index >= 15 is 0 Å². The number of carbonyl (C=O) groups is 2. The monoisotopic (exact) mass is 261 g/mol. The van der Waals surface area contributed by atoms with Crippen molar-refractivity contribution in [3.05, 3.63) is 28.0 Å². The number of hydrogen-bond acceptors (Lipinski definition) is 6. The Morgan fingerprint density at radius 3 is 2.72 bits per heavy atom. The molecule has 2 heterocycles. The van der Waals surface area contributed by atoms with Gasteiger partial charge in [-0.2, -0.15) is 5.10 Å². The summed E-state index contributed by atoms with van der Waals surface area (Å²) in [4.78, 5) is 31.5. The van der Waals surface area contributed by atoms with E-state index in [1.807, 2.05) is 5.32 Å². The van der Waals surface area contributed by atoms with Gasteiger partial charge in [-0.3, -0.25) is 20.2 Å². The maximum atomic E-state index is 11.1. The van der Waals surface area contributed by atoms with Crippen LogP contribution in [0.4, 0.5) is 10.7 Å². The predicted molar refractivity (Wildman–Crippen MR) is 59.0 cm³/mol. The molecule has 89 valence electrons. The summed E-state index contributed by atoms with van der Waals surface area (Å²) in [6, 6.07) is 1.85. The van der Waals surface area contributed by atoms with E-state index in [0.29, 0.717) is 0 Å². The molecule has 0 atom stereocenters. The molecular weight excluding hydrogens is 255 g/mol. The number of nitrogens with zero attached hydrogens (tertiary/aromatic N) is 3. The van der Waals surface area contributed by atoms with E-state index in [1.54, 1.807) is 0 Å². The number of rotatable bonds is 3. The van der Waals surface area contributed by atoms with Gasteiger partial charge in [0.15, 0.2) is 5.76 Å². The largest absolute Gasteiger partial charge is 0.433 e. The van der Waals surface area contributed by atoms with Crippen molar-refractivity contribution in [3.8, 4) is 0 Å². The van der Waals surface area contributed by atoms with E-state index in [2.05, 4.69) is 5.10 Å². The van der Waals surface area contributed by atoms with Crippen LogP contribution in [0.15, 0.2) is 21.7 Å². The average Bonchev–Trinajstić information content (AvgIpc) is 2.82. The van der Waals surface area contributed by atoms with Gasteiger partial charge in [-0.05, 0) is 6.07 Å². The van der Waals surface area contributed by atoms with Crippen LogP contribution in [-0.2, 0) is 4.79 Å². The Kier molecular flexibility index (Phi) is 4.59. The number of carbonyl (C=O) groups excluding carboxylic acids is 2. The fourth-order valence-electron chi connectivity index (χ4n) is 1.16. The molecule has 1 aromatic heterocycles.